The minimum absolute atomic E-state index is 0.553. The fourth-order valence-electron chi connectivity index (χ4n) is 3.02. The van der Waals surface area contributed by atoms with Gasteiger partial charge in [-0.3, -0.25) is 4.99 Å². The molecule has 1 fully saturated rings. The molecule has 9 heteroatoms. The van der Waals surface area contributed by atoms with Gasteiger partial charge < -0.3 is 24.6 Å². The van der Waals surface area contributed by atoms with Crippen LogP contribution in [0.2, 0.25) is 5.02 Å². The maximum absolute atomic E-state index is 5.91. The molecular formula is C21H30ClN5O3. The van der Waals surface area contributed by atoms with Crippen molar-refractivity contribution in [1.82, 2.24) is 20.8 Å². The summed E-state index contributed by atoms with van der Waals surface area (Å²) in [6.07, 6.45) is 2.60. The van der Waals surface area contributed by atoms with Crippen molar-refractivity contribution in [2.45, 2.75) is 26.2 Å². The monoisotopic (exact) mass is 435 g/mol. The van der Waals surface area contributed by atoms with E-state index < -0.39 is 0 Å². The molecule has 1 aliphatic heterocycles. The number of hydrogen-bond donors (Lipinski definition) is 2. The first-order valence-corrected chi connectivity index (χ1v) is 10.9. The summed E-state index contributed by atoms with van der Waals surface area (Å²) in [5.41, 5.74) is 0.875. The second-order valence-corrected chi connectivity index (χ2v) is 7.55. The van der Waals surface area contributed by atoms with Gasteiger partial charge >= 0.3 is 0 Å². The van der Waals surface area contributed by atoms with Crippen LogP contribution in [-0.2, 0) is 15.9 Å². The average Bonchev–Trinajstić information content (AvgIpc) is 3.43. The number of rotatable bonds is 11. The number of benzene rings is 1. The van der Waals surface area contributed by atoms with E-state index in [1.807, 2.05) is 31.2 Å². The lowest BCUT2D eigenvalue weighted by Gasteiger charge is -2.11. The van der Waals surface area contributed by atoms with Crippen molar-refractivity contribution in [2.75, 3.05) is 46.1 Å². The molecular weight excluding hydrogens is 406 g/mol. The maximum atomic E-state index is 5.91. The van der Waals surface area contributed by atoms with Gasteiger partial charge in [-0.05, 0) is 44.0 Å². The lowest BCUT2D eigenvalue weighted by molar-refractivity contribution is 0.0893. The highest BCUT2D eigenvalue weighted by Gasteiger charge is 2.15. The molecule has 0 bridgehead atoms. The molecule has 0 saturated carbocycles. The Balaban J connectivity index is 1.35. The van der Waals surface area contributed by atoms with Crippen LogP contribution in [0, 0.1) is 5.92 Å². The zero-order valence-electron chi connectivity index (χ0n) is 17.4. The first-order valence-electron chi connectivity index (χ1n) is 10.5. The molecule has 30 heavy (non-hydrogen) atoms. The van der Waals surface area contributed by atoms with E-state index in [9.17, 15) is 0 Å². The van der Waals surface area contributed by atoms with Gasteiger partial charge in [0.2, 0.25) is 11.7 Å². The summed E-state index contributed by atoms with van der Waals surface area (Å²) in [6, 6.07) is 7.36. The Hall–Kier alpha value is -2.16. The van der Waals surface area contributed by atoms with Crippen LogP contribution < -0.4 is 10.6 Å². The summed E-state index contributed by atoms with van der Waals surface area (Å²) in [5.74, 6) is 2.47. The van der Waals surface area contributed by atoms with Crippen LogP contribution in [0.1, 0.15) is 25.7 Å². The largest absolute Gasteiger partial charge is 0.381 e. The van der Waals surface area contributed by atoms with Gasteiger partial charge in [-0.25, -0.2) is 0 Å². The van der Waals surface area contributed by atoms with Crippen LogP contribution in [0.25, 0.3) is 11.4 Å². The van der Waals surface area contributed by atoms with Crippen molar-refractivity contribution >= 4 is 17.6 Å². The van der Waals surface area contributed by atoms with Gasteiger partial charge in [0.25, 0.3) is 0 Å². The molecule has 1 atom stereocenters. The molecule has 0 aliphatic carbocycles. The Kier molecular flexibility index (Phi) is 9.40. The standard InChI is InChI=1S/C21H30ClN5O3/c1-2-23-21(24-10-3-12-28-14-16-9-13-29-15-16)25-11-8-19-26-20(27-30-19)17-4-6-18(22)7-5-17/h4-7,16H,2-3,8-15H2,1H3,(H2,23,24,25). The maximum Gasteiger partial charge on any atom is 0.228 e. The molecule has 0 spiro atoms. The highest BCUT2D eigenvalue weighted by atomic mass is 35.5. The fraction of sp³-hybridized carbons (Fsp3) is 0.571. The number of nitrogens with zero attached hydrogens (tertiary/aromatic N) is 3. The van der Waals surface area contributed by atoms with Gasteiger partial charge in [0, 0.05) is 55.8 Å². The molecule has 0 amide bonds. The van der Waals surface area contributed by atoms with Crippen molar-refractivity contribution in [3.05, 3.63) is 35.2 Å². The van der Waals surface area contributed by atoms with Crippen LogP contribution >= 0.6 is 11.6 Å². The van der Waals surface area contributed by atoms with Crippen LogP contribution in [0.4, 0.5) is 0 Å². The lowest BCUT2D eigenvalue weighted by Crippen LogP contribution is -2.38. The van der Waals surface area contributed by atoms with E-state index in [1.54, 1.807) is 0 Å². The molecule has 0 radical (unpaired) electrons. The van der Waals surface area contributed by atoms with E-state index in [-0.39, 0.29) is 0 Å². The molecule has 1 aromatic heterocycles. The summed E-state index contributed by atoms with van der Waals surface area (Å²) < 4.78 is 16.4. The predicted molar refractivity (Wildman–Crippen MR) is 117 cm³/mol. The van der Waals surface area contributed by atoms with E-state index in [4.69, 9.17) is 25.6 Å². The van der Waals surface area contributed by atoms with E-state index in [1.165, 1.54) is 0 Å². The Morgan fingerprint density at radius 1 is 1.30 bits per heavy atom. The lowest BCUT2D eigenvalue weighted by atomic mass is 10.1. The van der Waals surface area contributed by atoms with Crippen molar-refractivity contribution in [2.24, 2.45) is 10.9 Å². The van der Waals surface area contributed by atoms with Gasteiger partial charge in [-0.2, -0.15) is 4.98 Å². The van der Waals surface area contributed by atoms with Crippen LogP contribution in [0.5, 0.6) is 0 Å². The number of ether oxygens (including phenoxy) is 2. The molecule has 8 nitrogen and oxygen atoms in total. The SMILES string of the molecule is CCNC(=NCCCOCC1CCOC1)NCCc1nc(-c2ccc(Cl)cc2)no1. The molecule has 164 valence electrons. The summed E-state index contributed by atoms with van der Waals surface area (Å²) >= 11 is 5.91. The van der Waals surface area contributed by atoms with Gasteiger partial charge in [0.05, 0.1) is 13.2 Å². The average molecular weight is 436 g/mol. The minimum atomic E-state index is 0.553. The third-order valence-corrected chi connectivity index (χ3v) is 4.89. The van der Waals surface area contributed by atoms with Crippen molar-refractivity contribution in [3.63, 3.8) is 0 Å². The first kappa shape index (κ1) is 22.5. The number of hydrogen-bond acceptors (Lipinski definition) is 6. The topological polar surface area (TPSA) is 93.8 Å². The van der Waals surface area contributed by atoms with Crippen LogP contribution in [0.15, 0.2) is 33.8 Å². The Morgan fingerprint density at radius 3 is 2.93 bits per heavy atom. The first-order chi connectivity index (χ1) is 14.7. The van der Waals surface area contributed by atoms with Gasteiger partial charge in [0.15, 0.2) is 5.96 Å². The molecule has 3 rings (SSSR count). The van der Waals surface area contributed by atoms with Crippen LogP contribution in [-0.4, -0.2) is 62.2 Å². The molecule has 1 aromatic carbocycles. The van der Waals surface area contributed by atoms with Gasteiger partial charge in [0.1, 0.15) is 0 Å². The quantitative estimate of drug-likeness (QED) is 0.318. The van der Waals surface area contributed by atoms with E-state index in [2.05, 4.69) is 25.8 Å². The fourth-order valence-corrected chi connectivity index (χ4v) is 3.15. The van der Waals surface area contributed by atoms with E-state index in [0.29, 0.717) is 42.2 Å². The Bertz CT molecular complexity index is 775. The zero-order chi connectivity index (χ0) is 21.0. The Morgan fingerprint density at radius 2 is 2.17 bits per heavy atom. The number of aliphatic imine (C=N–C) groups is 1. The number of guanidine groups is 1. The summed E-state index contributed by atoms with van der Waals surface area (Å²) in [6.45, 7) is 7.38. The second-order valence-electron chi connectivity index (χ2n) is 7.11. The highest BCUT2D eigenvalue weighted by molar-refractivity contribution is 6.30. The van der Waals surface area contributed by atoms with E-state index in [0.717, 1.165) is 57.3 Å². The minimum Gasteiger partial charge on any atom is -0.381 e. The van der Waals surface area contributed by atoms with Gasteiger partial charge in [-0.1, -0.05) is 16.8 Å². The number of nitrogens with one attached hydrogen (secondary N) is 2. The molecule has 2 aromatic rings. The third kappa shape index (κ3) is 7.59. The van der Waals surface area contributed by atoms with Crippen molar-refractivity contribution in [3.8, 4) is 11.4 Å². The molecule has 1 aliphatic rings. The molecule has 1 unspecified atom stereocenters. The molecule has 2 heterocycles. The van der Waals surface area contributed by atoms with E-state index >= 15 is 0 Å². The van der Waals surface area contributed by atoms with Crippen LogP contribution in [0.3, 0.4) is 0 Å². The summed E-state index contributed by atoms with van der Waals surface area (Å²) in [4.78, 5) is 9.02. The third-order valence-electron chi connectivity index (χ3n) is 4.64. The molecule has 2 N–H and O–H groups in total. The van der Waals surface area contributed by atoms with Crippen molar-refractivity contribution < 1.29 is 14.0 Å². The van der Waals surface area contributed by atoms with Gasteiger partial charge in [-0.15, -0.1) is 0 Å². The summed E-state index contributed by atoms with van der Waals surface area (Å²) in [7, 11) is 0. The molecule has 1 saturated heterocycles. The number of aromatic nitrogens is 2. The normalized spacial score (nSPS) is 16.7. The van der Waals surface area contributed by atoms with Crippen molar-refractivity contribution in [1.29, 1.82) is 0 Å². The predicted octanol–water partition coefficient (Wildman–Crippen LogP) is 2.93. The number of halogens is 1. The smallest absolute Gasteiger partial charge is 0.228 e. The Labute approximate surface area is 182 Å². The second kappa shape index (κ2) is 12.5. The highest BCUT2D eigenvalue weighted by Crippen LogP contribution is 2.18. The summed E-state index contributed by atoms with van der Waals surface area (Å²) in [5, 5.41) is 11.3. The zero-order valence-corrected chi connectivity index (χ0v) is 18.2.